The fraction of sp³-hybridized carbons (Fsp3) is 0.312. The molecule has 0 aliphatic carbocycles. The van der Waals surface area contributed by atoms with Gasteiger partial charge in [0.1, 0.15) is 5.82 Å². The van der Waals surface area contributed by atoms with Crippen LogP contribution in [0.5, 0.6) is 0 Å². The van der Waals surface area contributed by atoms with E-state index in [9.17, 15) is 9.18 Å². The lowest BCUT2D eigenvalue weighted by Gasteiger charge is -2.37. The SMILES string of the molecule is CN(C)C(=O)N1CCc2sccc2C1c1ccc(F)cc1. The molecule has 5 heteroatoms. The van der Waals surface area contributed by atoms with Crippen LogP contribution in [0.2, 0.25) is 0 Å². The van der Waals surface area contributed by atoms with Gasteiger partial charge in [0, 0.05) is 25.5 Å². The number of urea groups is 1. The Labute approximate surface area is 127 Å². The number of rotatable bonds is 1. The maximum absolute atomic E-state index is 13.2. The first-order chi connectivity index (χ1) is 10.1. The van der Waals surface area contributed by atoms with E-state index < -0.39 is 0 Å². The molecule has 0 fully saturated rings. The second kappa shape index (κ2) is 5.48. The molecular weight excluding hydrogens is 287 g/mol. The Morgan fingerprint density at radius 3 is 2.67 bits per heavy atom. The highest BCUT2D eigenvalue weighted by atomic mass is 32.1. The van der Waals surface area contributed by atoms with Gasteiger partial charge in [0.2, 0.25) is 0 Å². The van der Waals surface area contributed by atoms with Gasteiger partial charge in [0.25, 0.3) is 0 Å². The van der Waals surface area contributed by atoms with Crippen molar-refractivity contribution in [1.82, 2.24) is 9.80 Å². The number of amides is 2. The van der Waals surface area contributed by atoms with Gasteiger partial charge >= 0.3 is 6.03 Å². The van der Waals surface area contributed by atoms with Crippen LogP contribution < -0.4 is 0 Å². The number of carbonyl (C=O) groups excluding carboxylic acids is 1. The van der Waals surface area contributed by atoms with Gasteiger partial charge in [-0.15, -0.1) is 11.3 Å². The first-order valence-electron chi connectivity index (χ1n) is 6.87. The Bertz CT molecular complexity index is 651. The molecule has 0 bridgehead atoms. The Morgan fingerprint density at radius 2 is 2.00 bits per heavy atom. The molecule has 1 aliphatic rings. The standard InChI is InChI=1S/C16H17FN2OS/c1-18(2)16(20)19-9-7-14-13(8-10-21-14)15(19)11-3-5-12(17)6-4-11/h3-6,8,10,15H,7,9H2,1-2H3. The molecule has 2 amide bonds. The lowest BCUT2D eigenvalue weighted by Crippen LogP contribution is -2.45. The lowest BCUT2D eigenvalue weighted by atomic mass is 9.93. The number of carbonyl (C=O) groups is 1. The van der Waals surface area contributed by atoms with Crippen LogP contribution in [0.1, 0.15) is 22.0 Å². The molecule has 110 valence electrons. The molecule has 0 saturated heterocycles. The molecule has 1 unspecified atom stereocenters. The van der Waals surface area contributed by atoms with Gasteiger partial charge in [-0.3, -0.25) is 0 Å². The molecule has 1 aromatic heterocycles. The van der Waals surface area contributed by atoms with Gasteiger partial charge < -0.3 is 9.80 Å². The van der Waals surface area contributed by atoms with E-state index in [0.717, 1.165) is 17.5 Å². The summed E-state index contributed by atoms with van der Waals surface area (Å²) in [5.41, 5.74) is 2.11. The maximum atomic E-state index is 13.2. The molecule has 2 heterocycles. The predicted octanol–water partition coefficient (Wildman–Crippen LogP) is 3.52. The number of thiophene rings is 1. The summed E-state index contributed by atoms with van der Waals surface area (Å²) in [6, 6.07) is 8.37. The van der Waals surface area contributed by atoms with Crippen LogP contribution in [0, 0.1) is 5.82 Å². The first-order valence-corrected chi connectivity index (χ1v) is 7.75. The van der Waals surface area contributed by atoms with Crippen molar-refractivity contribution in [3.63, 3.8) is 0 Å². The highest BCUT2D eigenvalue weighted by Gasteiger charge is 2.33. The monoisotopic (exact) mass is 304 g/mol. The van der Waals surface area contributed by atoms with Crippen LogP contribution >= 0.6 is 11.3 Å². The van der Waals surface area contributed by atoms with E-state index in [0.29, 0.717) is 6.54 Å². The Kier molecular flexibility index (Phi) is 3.68. The third kappa shape index (κ3) is 2.53. The summed E-state index contributed by atoms with van der Waals surface area (Å²) in [6.45, 7) is 0.687. The van der Waals surface area contributed by atoms with Crippen LogP contribution in [-0.4, -0.2) is 36.5 Å². The van der Waals surface area contributed by atoms with Crippen molar-refractivity contribution in [2.75, 3.05) is 20.6 Å². The Morgan fingerprint density at radius 1 is 1.29 bits per heavy atom. The van der Waals surface area contributed by atoms with E-state index in [1.54, 1.807) is 42.5 Å². The third-order valence-electron chi connectivity index (χ3n) is 3.78. The van der Waals surface area contributed by atoms with Gasteiger partial charge in [-0.05, 0) is 41.1 Å². The zero-order chi connectivity index (χ0) is 15.0. The summed E-state index contributed by atoms with van der Waals surface area (Å²) in [5.74, 6) is -0.259. The minimum absolute atomic E-state index is 0.0128. The van der Waals surface area contributed by atoms with E-state index in [2.05, 4.69) is 11.4 Å². The van der Waals surface area contributed by atoms with Crippen molar-refractivity contribution < 1.29 is 9.18 Å². The van der Waals surface area contributed by atoms with Crippen molar-refractivity contribution in [2.45, 2.75) is 12.5 Å². The quantitative estimate of drug-likeness (QED) is 0.791. The van der Waals surface area contributed by atoms with Crippen molar-refractivity contribution in [3.05, 3.63) is 57.5 Å². The summed E-state index contributed by atoms with van der Waals surface area (Å²) < 4.78 is 13.2. The van der Waals surface area contributed by atoms with Gasteiger partial charge in [-0.25, -0.2) is 9.18 Å². The molecule has 3 nitrogen and oxygen atoms in total. The average molecular weight is 304 g/mol. The topological polar surface area (TPSA) is 23.6 Å². The number of hydrogen-bond acceptors (Lipinski definition) is 2. The molecule has 1 aromatic carbocycles. The highest BCUT2D eigenvalue weighted by Crippen LogP contribution is 2.38. The minimum Gasteiger partial charge on any atom is -0.331 e. The molecule has 1 aliphatic heterocycles. The molecule has 3 rings (SSSR count). The minimum atomic E-state index is -0.259. The largest absolute Gasteiger partial charge is 0.331 e. The molecule has 0 radical (unpaired) electrons. The first kappa shape index (κ1) is 14.1. The summed E-state index contributed by atoms with van der Waals surface area (Å²) in [6.07, 6.45) is 0.879. The van der Waals surface area contributed by atoms with Crippen molar-refractivity contribution >= 4 is 17.4 Å². The third-order valence-corrected chi connectivity index (χ3v) is 4.78. The Balaban J connectivity index is 2.06. The average Bonchev–Trinajstić information content (AvgIpc) is 2.94. The molecule has 0 saturated carbocycles. The summed E-state index contributed by atoms with van der Waals surface area (Å²) in [5, 5.41) is 2.06. The van der Waals surface area contributed by atoms with Gasteiger partial charge in [-0.2, -0.15) is 0 Å². The number of benzene rings is 1. The van der Waals surface area contributed by atoms with Gasteiger partial charge in [0.05, 0.1) is 6.04 Å². The summed E-state index contributed by atoms with van der Waals surface area (Å²) in [4.78, 5) is 17.2. The fourth-order valence-corrected chi connectivity index (χ4v) is 3.69. The number of fused-ring (bicyclic) bond motifs is 1. The van der Waals surface area contributed by atoms with E-state index in [1.165, 1.54) is 17.0 Å². The second-order valence-corrected chi connectivity index (χ2v) is 6.37. The van der Waals surface area contributed by atoms with Gasteiger partial charge in [0.15, 0.2) is 0 Å². The fourth-order valence-electron chi connectivity index (χ4n) is 2.78. The summed E-state index contributed by atoms with van der Waals surface area (Å²) in [7, 11) is 3.51. The van der Waals surface area contributed by atoms with E-state index >= 15 is 0 Å². The van der Waals surface area contributed by atoms with Crippen LogP contribution in [0.4, 0.5) is 9.18 Å². The van der Waals surface area contributed by atoms with Crippen LogP contribution in [-0.2, 0) is 6.42 Å². The molecular formula is C16H17FN2OS. The van der Waals surface area contributed by atoms with Gasteiger partial charge in [-0.1, -0.05) is 12.1 Å². The van der Waals surface area contributed by atoms with E-state index in [1.807, 2.05) is 4.90 Å². The van der Waals surface area contributed by atoms with Crippen LogP contribution in [0.15, 0.2) is 35.7 Å². The summed E-state index contributed by atoms with van der Waals surface area (Å²) >= 11 is 1.72. The smallest absolute Gasteiger partial charge is 0.320 e. The Hall–Kier alpha value is -1.88. The predicted molar refractivity (Wildman–Crippen MR) is 82.1 cm³/mol. The van der Waals surface area contributed by atoms with E-state index in [4.69, 9.17) is 0 Å². The maximum Gasteiger partial charge on any atom is 0.320 e. The van der Waals surface area contributed by atoms with Crippen molar-refractivity contribution in [2.24, 2.45) is 0 Å². The van der Waals surface area contributed by atoms with Crippen LogP contribution in [0.25, 0.3) is 0 Å². The zero-order valence-electron chi connectivity index (χ0n) is 12.0. The number of nitrogens with zero attached hydrogens (tertiary/aromatic N) is 2. The molecule has 0 N–H and O–H groups in total. The second-order valence-electron chi connectivity index (χ2n) is 5.37. The number of halogens is 1. The molecule has 0 spiro atoms. The highest BCUT2D eigenvalue weighted by molar-refractivity contribution is 7.10. The van der Waals surface area contributed by atoms with Crippen LogP contribution in [0.3, 0.4) is 0 Å². The normalized spacial score (nSPS) is 17.5. The van der Waals surface area contributed by atoms with E-state index in [-0.39, 0.29) is 17.9 Å². The van der Waals surface area contributed by atoms with Crippen molar-refractivity contribution in [1.29, 1.82) is 0 Å². The number of hydrogen-bond donors (Lipinski definition) is 0. The lowest BCUT2D eigenvalue weighted by molar-refractivity contribution is 0.154. The zero-order valence-corrected chi connectivity index (χ0v) is 12.9. The van der Waals surface area contributed by atoms with Crippen molar-refractivity contribution in [3.8, 4) is 0 Å². The molecule has 1 atom stereocenters. The molecule has 2 aromatic rings. The molecule has 21 heavy (non-hydrogen) atoms.